The van der Waals surface area contributed by atoms with Crippen molar-refractivity contribution in [3.63, 3.8) is 0 Å². The maximum absolute atomic E-state index is 11.9. The van der Waals surface area contributed by atoms with Gasteiger partial charge in [0.15, 0.2) is 5.70 Å². The van der Waals surface area contributed by atoms with Gasteiger partial charge < -0.3 is 4.74 Å². The van der Waals surface area contributed by atoms with E-state index >= 15 is 0 Å². The van der Waals surface area contributed by atoms with Crippen molar-refractivity contribution in [3.05, 3.63) is 73.9 Å². The molecule has 0 N–H and O–H groups in total. The summed E-state index contributed by atoms with van der Waals surface area (Å²) in [5.74, 6) is -0.122. The first kappa shape index (κ1) is 14.3. The van der Waals surface area contributed by atoms with E-state index in [1.807, 2.05) is 36.4 Å². The highest BCUT2D eigenvalue weighted by Gasteiger charge is 2.25. The number of halogens is 2. The summed E-state index contributed by atoms with van der Waals surface area (Å²) >= 11 is 8.11. The van der Waals surface area contributed by atoms with Crippen molar-refractivity contribution in [1.82, 2.24) is 0 Å². The highest BCUT2D eigenvalue weighted by molar-refractivity contribution is 14.1. The largest absolute Gasteiger partial charge is 0.402 e. The number of carbonyl (C=O) groups is 1. The number of hydrogen-bond donors (Lipinski definition) is 0. The molecule has 2 aromatic carbocycles. The maximum Gasteiger partial charge on any atom is 0.363 e. The molecule has 5 heteroatoms. The Morgan fingerprint density at radius 1 is 1.14 bits per heavy atom. The first-order chi connectivity index (χ1) is 10.1. The minimum atomic E-state index is -0.454. The smallest absolute Gasteiger partial charge is 0.363 e. The molecule has 0 saturated heterocycles. The molecule has 0 spiro atoms. The van der Waals surface area contributed by atoms with Crippen LogP contribution in [0.1, 0.15) is 11.1 Å². The molecule has 0 radical (unpaired) electrons. The molecule has 21 heavy (non-hydrogen) atoms. The van der Waals surface area contributed by atoms with E-state index in [2.05, 4.69) is 27.6 Å². The summed E-state index contributed by atoms with van der Waals surface area (Å²) in [5.41, 5.74) is 1.88. The molecule has 3 nitrogen and oxygen atoms in total. The third-order valence-electron chi connectivity index (χ3n) is 2.88. The molecule has 0 aromatic heterocycles. The van der Waals surface area contributed by atoms with Crippen LogP contribution in [0.15, 0.2) is 59.2 Å². The van der Waals surface area contributed by atoms with Crippen LogP contribution in [-0.4, -0.2) is 11.9 Å². The average molecular weight is 410 g/mol. The summed E-state index contributed by atoms with van der Waals surface area (Å²) in [4.78, 5) is 16.2. The Kier molecular flexibility index (Phi) is 4.07. The van der Waals surface area contributed by atoms with E-state index in [-0.39, 0.29) is 5.70 Å². The molecular formula is C16H9ClINO2. The predicted molar refractivity (Wildman–Crippen MR) is 91.2 cm³/mol. The summed E-state index contributed by atoms with van der Waals surface area (Å²) in [6.07, 6.45) is 1.66. The number of carbonyl (C=O) groups excluding carboxylic acids is 1. The van der Waals surface area contributed by atoms with Crippen LogP contribution in [0.2, 0.25) is 5.02 Å². The molecule has 1 aliphatic heterocycles. The van der Waals surface area contributed by atoms with E-state index in [1.165, 1.54) is 0 Å². The summed E-state index contributed by atoms with van der Waals surface area (Å²) in [5, 5.41) is 0.609. The number of aliphatic imine (C=N–C) groups is 1. The zero-order chi connectivity index (χ0) is 14.8. The third-order valence-corrected chi connectivity index (χ3v) is 4.05. The van der Waals surface area contributed by atoms with Gasteiger partial charge >= 0.3 is 5.97 Å². The predicted octanol–water partition coefficient (Wildman–Crippen LogP) is 4.29. The van der Waals surface area contributed by atoms with Crippen molar-refractivity contribution in [1.29, 1.82) is 0 Å². The van der Waals surface area contributed by atoms with E-state index in [1.54, 1.807) is 18.2 Å². The molecule has 0 aliphatic carbocycles. The van der Waals surface area contributed by atoms with Crippen molar-refractivity contribution < 1.29 is 9.53 Å². The Labute approximate surface area is 140 Å². The van der Waals surface area contributed by atoms with Gasteiger partial charge in [0.2, 0.25) is 5.90 Å². The minimum Gasteiger partial charge on any atom is -0.402 e. The van der Waals surface area contributed by atoms with Gasteiger partial charge in [-0.3, -0.25) is 0 Å². The van der Waals surface area contributed by atoms with Crippen LogP contribution in [0.25, 0.3) is 6.08 Å². The number of cyclic esters (lactones) is 1. The molecule has 2 aromatic rings. The molecule has 1 heterocycles. The van der Waals surface area contributed by atoms with Gasteiger partial charge in [-0.2, -0.15) is 0 Å². The van der Waals surface area contributed by atoms with Crippen molar-refractivity contribution >= 4 is 52.1 Å². The number of benzene rings is 2. The first-order valence-corrected chi connectivity index (χ1v) is 7.62. The van der Waals surface area contributed by atoms with Gasteiger partial charge in [0.1, 0.15) is 0 Å². The Morgan fingerprint density at radius 3 is 2.71 bits per heavy atom. The lowest BCUT2D eigenvalue weighted by atomic mass is 10.2. The zero-order valence-electron chi connectivity index (χ0n) is 10.7. The topological polar surface area (TPSA) is 38.7 Å². The van der Waals surface area contributed by atoms with Crippen molar-refractivity contribution in [2.75, 3.05) is 0 Å². The molecule has 0 atom stereocenters. The molecular weight excluding hydrogens is 401 g/mol. The first-order valence-electron chi connectivity index (χ1n) is 6.16. The van der Waals surface area contributed by atoms with Crippen LogP contribution in [0.4, 0.5) is 0 Å². The SMILES string of the molecule is O=C1OC(c2ccccc2I)=NC1=Cc1cccc(Cl)c1. The second-order valence-electron chi connectivity index (χ2n) is 4.37. The average Bonchev–Trinajstić information content (AvgIpc) is 2.80. The standard InChI is InChI=1S/C16H9ClINO2/c17-11-5-3-4-10(8-11)9-14-16(20)21-15(19-14)12-6-1-2-7-13(12)18/h1-9H. The number of ether oxygens (including phenoxy) is 1. The van der Waals surface area contributed by atoms with Crippen LogP contribution < -0.4 is 0 Å². The summed E-state index contributed by atoms with van der Waals surface area (Å²) in [6, 6.07) is 14.8. The molecule has 104 valence electrons. The highest BCUT2D eigenvalue weighted by atomic mass is 127. The molecule has 0 amide bonds. The molecule has 0 saturated carbocycles. The van der Waals surface area contributed by atoms with Gasteiger partial charge in [0.05, 0.1) is 5.56 Å². The fourth-order valence-corrected chi connectivity index (χ4v) is 2.73. The second-order valence-corrected chi connectivity index (χ2v) is 5.97. The van der Waals surface area contributed by atoms with Crippen LogP contribution in [0.3, 0.4) is 0 Å². The number of rotatable bonds is 2. The summed E-state index contributed by atoms with van der Waals surface area (Å²) in [6.45, 7) is 0. The van der Waals surface area contributed by atoms with Gasteiger partial charge in [-0.25, -0.2) is 9.79 Å². The molecule has 1 aliphatic rings. The van der Waals surface area contributed by atoms with Gasteiger partial charge in [-0.05, 0) is 58.5 Å². The van der Waals surface area contributed by atoms with E-state index < -0.39 is 5.97 Å². The number of esters is 1. The van der Waals surface area contributed by atoms with Gasteiger partial charge in [0.25, 0.3) is 0 Å². The molecule has 0 unspecified atom stereocenters. The van der Waals surface area contributed by atoms with Crippen LogP contribution in [0.5, 0.6) is 0 Å². The Hall–Kier alpha value is -1.66. The normalized spacial score (nSPS) is 16.0. The van der Waals surface area contributed by atoms with Crippen LogP contribution in [0, 0.1) is 3.57 Å². The van der Waals surface area contributed by atoms with Crippen LogP contribution in [-0.2, 0) is 9.53 Å². The Balaban J connectivity index is 1.98. The lowest BCUT2D eigenvalue weighted by molar-refractivity contribution is -0.129. The van der Waals surface area contributed by atoms with E-state index in [4.69, 9.17) is 16.3 Å². The fourth-order valence-electron chi connectivity index (χ4n) is 1.91. The van der Waals surface area contributed by atoms with Gasteiger partial charge in [-0.15, -0.1) is 0 Å². The Bertz CT molecular complexity index is 783. The molecule has 0 fully saturated rings. The van der Waals surface area contributed by atoms with Crippen molar-refractivity contribution in [2.45, 2.75) is 0 Å². The van der Waals surface area contributed by atoms with E-state index in [9.17, 15) is 4.79 Å². The van der Waals surface area contributed by atoms with Crippen molar-refractivity contribution in [3.8, 4) is 0 Å². The second kappa shape index (κ2) is 5.99. The highest BCUT2D eigenvalue weighted by Crippen LogP contribution is 2.22. The summed E-state index contributed by atoms with van der Waals surface area (Å²) in [7, 11) is 0. The molecule has 0 bridgehead atoms. The number of hydrogen-bond acceptors (Lipinski definition) is 3. The Morgan fingerprint density at radius 2 is 1.95 bits per heavy atom. The third kappa shape index (κ3) is 3.16. The fraction of sp³-hybridized carbons (Fsp3) is 0. The summed E-state index contributed by atoms with van der Waals surface area (Å²) < 4.78 is 6.23. The lowest BCUT2D eigenvalue weighted by Crippen LogP contribution is -2.06. The monoisotopic (exact) mass is 409 g/mol. The van der Waals surface area contributed by atoms with Gasteiger partial charge in [-0.1, -0.05) is 35.9 Å². The maximum atomic E-state index is 11.9. The quantitative estimate of drug-likeness (QED) is 0.422. The lowest BCUT2D eigenvalue weighted by Gasteiger charge is -2.01. The van der Waals surface area contributed by atoms with Crippen LogP contribution >= 0.6 is 34.2 Å². The van der Waals surface area contributed by atoms with E-state index in [0.29, 0.717) is 10.9 Å². The van der Waals surface area contributed by atoms with E-state index in [0.717, 1.165) is 14.7 Å². The molecule has 3 rings (SSSR count). The number of nitrogens with zero attached hydrogens (tertiary/aromatic N) is 1. The van der Waals surface area contributed by atoms with Crippen molar-refractivity contribution in [2.24, 2.45) is 4.99 Å². The van der Waals surface area contributed by atoms with Gasteiger partial charge in [0, 0.05) is 8.59 Å². The minimum absolute atomic E-state index is 0.270. The zero-order valence-corrected chi connectivity index (χ0v) is 13.6.